The Morgan fingerprint density at radius 1 is 0.625 bits per heavy atom. The molecule has 0 radical (unpaired) electrons. The summed E-state index contributed by atoms with van der Waals surface area (Å²) in [5.74, 6) is 0.937. The Kier molecular flexibility index (Phi) is 3.86. The number of para-hydroxylation sites is 2. The first kappa shape index (κ1) is 19.1. The van der Waals surface area contributed by atoms with E-state index in [4.69, 9.17) is 4.98 Å². The van der Waals surface area contributed by atoms with Crippen LogP contribution in [0.1, 0.15) is 49.9 Å². The molecule has 0 saturated heterocycles. The first-order chi connectivity index (χ1) is 15.4. The Labute approximate surface area is 189 Å². The van der Waals surface area contributed by atoms with Crippen LogP contribution in [0.15, 0.2) is 85.1 Å². The molecule has 0 fully saturated rings. The van der Waals surface area contributed by atoms with Gasteiger partial charge < -0.3 is 5.32 Å². The summed E-state index contributed by atoms with van der Waals surface area (Å²) in [6.07, 6.45) is 1.87. The van der Waals surface area contributed by atoms with E-state index in [1.165, 1.54) is 45.0 Å². The zero-order chi connectivity index (χ0) is 22.1. The van der Waals surface area contributed by atoms with Gasteiger partial charge in [0.1, 0.15) is 5.82 Å². The van der Waals surface area contributed by atoms with Crippen molar-refractivity contribution >= 4 is 28.6 Å². The number of anilines is 5. The minimum atomic E-state index is -0.126. The van der Waals surface area contributed by atoms with Gasteiger partial charge in [-0.25, -0.2) is 4.98 Å². The number of nitrogens with one attached hydrogen (secondary N) is 1. The summed E-state index contributed by atoms with van der Waals surface area (Å²) in [5, 5.41) is 3.72. The molecule has 32 heavy (non-hydrogen) atoms. The minimum Gasteiger partial charge on any atom is -0.355 e. The van der Waals surface area contributed by atoms with Crippen molar-refractivity contribution in [1.29, 1.82) is 0 Å². The van der Waals surface area contributed by atoms with E-state index in [-0.39, 0.29) is 10.8 Å². The molecule has 1 N–H and O–H groups in total. The Morgan fingerprint density at radius 3 is 2.09 bits per heavy atom. The predicted molar refractivity (Wildman–Crippen MR) is 133 cm³/mol. The molecule has 3 nitrogen and oxygen atoms in total. The summed E-state index contributed by atoms with van der Waals surface area (Å²) in [7, 11) is 0. The second-order valence-electron chi connectivity index (χ2n) is 9.88. The maximum Gasteiger partial charge on any atom is 0.137 e. The van der Waals surface area contributed by atoms with Crippen LogP contribution in [0.5, 0.6) is 0 Å². The number of pyridine rings is 1. The first-order valence-corrected chi connectivity index (χ1v) is 11.3. The molecular weight excluding hydrogens is 390 g/mol. The number of hydrogen-bond donors (Lipinski definition) is 1. The standard InChI is InChI=1S/C29H27N3/c1-28(2)19-11-5-7-13-23(19)31-24-18-26-22(17-21(24)28)29(3,4)20-12-6-8-14-25(20)32(26)27-15-9-10-16-30-27/h5-18,31H,1-4H3. The molecule has 2 aliphatic rings. The second-order valence-corrected chi connectivity index (χ2v) is 9.88. The number of nitrogens with zero attached hydrogens (tertiary/aromatic N) is 2. The van der Waals surface area contributed by atoms with Crippen LogP contribution in [-0.4, -0.2) is 4.98 Å². The van der Waals surface area contributed by atoms with Crippen molar-refractivity contribution in [3.05, 3.63) is 107 Å². The fourth-order valence-corrected chi connectivity index (χ4v) is 5.53. The van der Waals surface area contributed by atoms with Crippen molar-refractivity contribution in [2.75, 3.05) is 10.2 Å². The number of hydrogen-bond acceptors (Lipinski definition) is 3. The van der Waals surface area contributed by atoms with Crippen LogP contribution in [-0.2, 0) is 10.8 Å². The first-order valence-electron chi connectivity index (χ1n) is 11.3. The maximum absolute atomic E-state index is 4.73. The van der Waals surface area contributed by atoms with E-state index in [0.29, 0.717) is 0 Å². The molecule has 0 amide bonds. The van der Waals surface area contributed by atoms with Gasteiger partial charge in [-0.3, -0.25) is 4.90 Å². The third-order valence-electron chi connectivity index (χ3n) is 7.29. The SMILES string of the molecule is CC1(C)c2ccccc2Nc2cc3c(cc21)C(C)(C)c1ccccc1N3c1ccccn1. The van der Waals surface area contributed by atoms with Crippen LogP contribution < -0.4 is 10.2 Å². The second kappa shape index (κ2) is 6.46. The molecule has 6 rings (SSSR count). The monoisotopic (exact) mass is 417 g/mol. The molecule has 1 aromatic heterocycles. The van der Waals surface area contributed by atoms with Gasteiger partial charge in [0, 0.05) is 28.4 Å². The molecule has 3 aromatic carbocycles. The molecule has 4 aromatic rings. The third kappa shape index (κ3) is 2.51. The average Bonchev–Trinajstić information content (AvgIpc) is 2.79. The van der Waals surface area contributed by atoms with Crippen molar-refractivity contribution in [1.82, 2.24) is 4.98 Å². The molecule has 0 unspecified atom stereocenters. The molecule has 0 aliphatic carbocycles. The topological polar surface area (TPSA) is 28.2 Å². The van der Waals surface area contributed by atoms with Gasteiger partial charge in [0.15, 0.2) is 0 Å². The molecule has 0 atom stereocenters. The van der Waals surface area contributed by atoms with Crippen molar-refractivity contribution in [2.24, 2.45) is 0 Å². The van der Waals surface area contributed by atoms with Crippen LogP contribution in [0.25, 0.3) is 0 Å². The van der Waals surface area contributed by atoms with Crippen molar-refractivity contribution in [3.8, 4) is 0 Å². The summed E-state index contributed by atoms with van der Waals surface area (Å²) in [4.78, 5) is 7.04. The molecule has 3 heterocycles. The summed E-state index contributed by atoms with van der Waals surface area (Å²) in [5.41, 5.74) is 9.84. The molecular formula is C29H27N3. The lowest BCUT2D eigenvalue weighted by molar-refractivity contribution is 0.611. The lowest BCUT2D eigenvalue weighted by atomic mass is 9.69. The van der Waals surface area contributed by atoms with Crippen LogP contribution in [0.4, 0.5) is 28.6 Å². The Hall–Kier alpha value is -3.59. The van der Waals surface area contributed by atoms with E-state index >= 15 is 0 Å². The third-order valence-corrected chi connectivity index (χ3v) is 7.29. The molecule has 3 heteroatoms. The summed E-state index contributed by atoms with van der Waals surface area (Å²) in [6, 6.07) is 28.2. The minimum absolute atomic E-state index is 0.0882. The van der Waals surface area contributed by atoms with Gasteiger partial charge in [0.05, 0.1) is 11.4 Å². The summed E-state index contributed by atoms with van der Waals surface area (Å²) in [6.45, 7) is 9.34. The largest absolute Gasteiger partial charge is 0.355 e. The fourth-order valence-electron chi connectivity index (χ4n) is 5.53. The number of benzene rings is 3. The highest BCUT2D eigenvalue weighted by Crippen LogP contribution is 2.55. The summed E-state index contributed by atoms with van der Waals surface area (Å²) < 4.78 is 0. The van der Waals surface area contributed by atoms with Crippen LogP contribution >= 0.6 is 0 Å². The lowest BCUT2D eigenvalue weighted by Gasteiger charge is -2.44. The zero-order valence-electron chi connectivity index (χ0n) is 19.0. The molecule has 2 aliphatic heterocycles. The van der Waals surface area contributed by atoms with E-state index < -0.39 is 0 Å². The van der Waals surface area contributed by atoms with Gasteiger partial charge in [-0.15, -0.1) is 0 Å². The Morgan fingerprint density at radius 2 is 1.31 bits per heavy atom. The van der Waals surface area contributed by atoms with E-state index in [9.17, 15) is 0 Å². The van der Waals surface area contributed by atoms with E-state index in [2.05, 4.69) is 111 Å². The smallest absolute Gasteiger partial charge is 0.137 e. The van der Waals surface area contributed by atoms with E-state index in [1.807, 2.05) is 12.3 Å². The van der Waals surface area contributed by atoms with Crippen molar-refractivity contribution in [2.45, 2.75) is 38.5 Å². The van der Waals surface area contributed by atoms with E-state index in [1.54, 1.807) is 0 Å². The van der Waals surface area contributed by atoms with Gasteiger partial charge in [-0.1, -0.05) is 70.2 Å². The normalized spacial score (nSPS) is 16.8. The Balaban J connectivity index is 1.66. The highest BCUT2D eigenvalue weighted by molar-refractivity contribution is 5.89. The lowest BCUT2D eigenvalue weighted by Crippen LogP contribution is -2.33. The maximum atomic E-state index is 4.73. The Bertz CT molecular complexity index is 1350. The van der Waals surface area contributed by atoms with Gasteiger partial charge in [0.2, 0.25) is 0 Å². The van der Waals surface area contributed by atoms with Crippen molar-refractivity contribution in [3.63, 3.8) is 0 Å². The van der Waals surface area contributed by atoms with Crippen LogP contribution in [0, 0.1) is 0 Å². The highest BCUT2D eigenvalue weighted by Gasteiger charge is 2.41. The molecule has 0 spiro atoms. The number of aromatic nitrogens is 1. The van der Waals surface area contributed by atoms with Crippen molar-refractivity contribution < 1.29 is 0 Å². The summed E-state index contributed by atoms with van der Waals surface area (Å²) >= 11 is 0. The van der Waals surface area contributed by atoms with Gasteiger partial charge in [0.25, 0.3) is 0 Å². The molecule has 0 saturated carbocycles. The zero-order valence-corrected chi connectivity index (χ0v) is 19.0. The van der Waals surface area contributed by atoms with Crippen LogP contribution in [0.2, 0.25) is 0 Å². The van der Waals surface area contributed by atoms with Gasteiger partial charge in [-0.2, -0.15) is 0 Å². The molecule has 0 bridgehead atoms. The quantitative estimate of drug-likeness (QED) is 0.346. The highest BCUT2D eigenvalue weighted by atomic mass is 15.2. The number of fused-ring (bicyclic) bond motifs is 4. The predicted octanol–water partition coefficient (Wildman–Crippen LogP) is 7.57. The van der Waals surface area contributed by atoms with E-state index in [0.717, 1.165) is 5.82 Å². The molecule has 158 valence electrons. The average molecular weight is 418 g/mol. The fraction of sp³-hybridized carbons (Fsp3) is 0.207. The van der Waals surface area contributed by atoms with Crippen LogP contribution in [0.3, 0.4) is 0 Å². The van der Waals surface area contributed by atoms with Gasteiger partial charge >= 0.3 is 0 Å². The number of rotatable bonds is 1. The van der Waals surface area contributed by atoms with Gasteiger partial charge in [-0.05, 0) is 58.7 Å².